The summed E-state index contributed by atoms with van der Waals surface area (Å²) in [5.41, 5.74) is 0.776. The minimum atomic E-state index is -5.08. The summed E-state index contributed by atoms with van der Waals surface area (Å²) in [6, 6.07) is 5.42. The lowest BCUT2D eigenvalue weighted by Gasteiger charge is -2.57. The quantitative estimate of drug-likeness (QED) is 0.722. The summed E-state index contributed by atoms with van der Waals surface area (Å²) in [6.45, 7) is 8.43. The number of rotatable bonds is 5. The van der Waals surface area contributed by atoms with Gasteiger partial charge < -0.3 is 19.5 Å². The maximum absolute atomic E-state index is 13.2. The monoisotopic (exact) mass is 460 g/mol. The van der Waals surface area contributed by atoms with Crippen molar-refractivity contribution in [2.75, 3.05) is 40.4 Å². The van der Waals surface area contributed by atoms with E-state index in [2.05, 4.69) is 18.7 Å². The van der Waals surface area contributed by atoms with Gasteiger partial charge in [0, 0.05) is 31.7 Å². The number of benzene rings is 1. The van der Waals surface area contributed by atoms with Crippen molar-refractivity contribution in [2.45, 2.75) is 44.8 Å². The molecule has 2 saturated heterocycles. The average Bonchev–Trinajstić information content (AvgIpc) is 2.75. The van der Waals surface area contributed by atoms with E-state index in [0.717, 1.165) is 32.6 Å². The molecule has 2 aliphatic heterocycles. The zero-order valence-electron chi connectivity index (χ0n) is 18.9. The van der Waals surface area contributed by atoms with Crippen LogP contribution in [0, 0.1) is 5.92 Å². The highest BCUT2D eigenvalue weighted by Crippen LogP contribution is 2.40. The van der Waals surface area contributed by atoms with E-state index in [0.29, 0.717) is 23.0 Å². The summed E-state index contributed by atoms with van der Waals surface area (Å²) in [6.07, 6.45) is -1.63. The number of aliphatic carboxylic acids is 1. The number of ether oxygens (including phenoxy) is 2. The summed E-state index contributed by atoms with van der Waals surface area (Å²) in [4.78, 5) is 26.7. The van der Waals surface area contributed by atoms with Crippen LogP contribution in [0.1, 0.15) is 43.5 Å². The number of amides is 1. The van der Waals surface area contributed by atoms with Gasteiger partial charge in [-0.25, -0.2) is 4.79 Å². The number of carbonyl (C=O) groups is 2. The molecule has 3 rings (SSSR count). The molecule has 0 aromatic heterocycles. The van der Waals surface area contributed by atoms with Crippen LogP contribution in [0.5, 0.6) is 11.5 Å². The minimum absolute atomic E-state index is 0.0474. The molecule has 32 heavy (non-hydrogen) atoms. The largest absolute Gasteiger partial charge is 0.497 e. The van der Waals surface area contributed by atoms with Gasteiger partial charge in [0.25, 0.3) is 5.91 Å². The normalized spacial score (nSPS) is 20.9. The van der Waals surface area contributed by atoms with Gasteiger partial charge in [-0.1, -0.05) is 13.8 Å². The van der Waals surface area contributed by atoms with E-state index in [9.17, 15) is 18.0 Å². The molecule has 1 atom stereocenters. The Morgan fingerprint density at radius 1 is 1.16 bits per heavy atom. The SMILES string of the molecule is COc1ccc(OC)c(C(=O)N2CCCC3(CCN3CC(C)C)C2)c1.O=C(O)C(F)(F)F. The first-order valence-electron chi connectivity index (χ1n) is 10.5. The van der Waals surface area contributed by atoms with Crippen LogP contribution in [0.25, 0.3) is 0 Å². The second kappa shape index (κ2) is 10.4. The molecular formula is C22H31F3N2O5. The molecule has 1 unspecified atom stereocenters. The zero-order valence-corrected chi connectivity index (χ0v) is 18.9. The summed E-state index contributed by atoms with van der Waals surface area (Å²) in [5.74, 6) is -0.764. The first-order chi connectivity index (χ1) is 14.9. The Labute approximate surface area is 186 Å². The number of carboxylic acids is 1. The first-order valence-corrected chi connectivity index (χ1v) is 10.5. The predicted octanol–water partition coefficient (Wildman–Crippen LogP) is 3.67. The molecule has 2 heterocycles. The van der Waals surface area contributed by atoms with E-state index in [-0.39, 0.29) is 11.4 Å². The summed E-state index contributed by atoms with van der Waals surface area (Å²) in [5, 5.41) is 7.12. The van der Waals surface area contributed by atoms with Crippen molar-refractivity contribution in [3.05, 3.63) is 23.8 Å². The molecule has 2 fully saturated rings. The molecule has 10 heteroatoms. The third kappa shape index (κ3) is 6.05. The summed E-state index contributed by atoms with van der Waals surface area (Å²) in [7, 11) is 3.22. The van der Waals surface area contributed by atoms with E-state index in [4.69, 9.17) is 19.4 Å². The Balaban J connectivity index is 0.000000451. The number of hydrogen-bond donors (Lipinski definition) is 1. The van der Waals surface area contributed by atoms with E-state index < -0.39 is 12.1 Å². The molecule has 1 spiro atoms. The lowest BCUT2D eigenvalue weighted by Crippen LogP contribution is -2.67. The standard InChI is InChI=1S/C20H30N2O3.C2HF3O2/c1-15(2)13-22-11-9-20(22)8-5-10-21(14-20)19(23)17-12-16(24-3)6-7-18(17)25-4;3-2(4,5)1(6)7/h6-7,12,15H,5,8-11,13-14H2,1-4H3;(H,6,7). The zero-order chi connectivity index (χ0) is 24.1. The van der Waals surface area contributed by atoms with Crippen LogP contribution >= 0.6 is 0 Å². The van der Waals surface area contributed by atoms with Crippen LogP contribution in [0.15, 0.2) is 18.2 Å². The number of carboxylic acid groups (broad SMARTS) is 1. The molecule has 0 saturated carbocycles. The number of methoxy groups -OCH3 is 2. The lowest BCUT2D eigenvalue weighted by atomic mass is 9.77. The van der Waals surface area contributed by atoms with E-state index in [1.54, 1.807) is 26.4 Å². The number of carbonyl (C=O) groups excluding carboxylic acids is 1. The van der Waals surface area contributed by atoms with Gasteiger partial charge in [0.15, 0.2) is 0 Å². The number of halogens is 3. The van der Waals surface area contributed by atoms with Gasteiger partial charge in [-0.15, -0.1) is 0 Å². The molecule has 0 aliphatic carbocycles. The number of piperidine rings is 1. The number of hydrogen-bond acceptors (Lipinski definition) is 5. The molecular weight excluding hydrogens is 429 g/mol. The van der Waals surface area contributed by atoms with Gasteiger partial charge >= 0.3 is 12.1 Å². The Kier molecular flexibility index (Phi) is 8.39. The number of alkyl halides is 3. The second-order valence-corrected chi connectivity index (χ2v) is 8.51. The van der Waals surface area contributed by atoms with Crippen LogP contribution in [-0.4, -0.2) is 78.9 Å². The van der Waals surface area contributed by atoms with Crippen LogP contribution < -0.4 is 9.47 Å². The van der Waals surface area contributed by atoms with Crippen molar-refractivity contribution in [1.29, 1.82) is 0 Å². The summed E-state index contributed by atoms with van der Waals surface area (Å²) >= 11 is 0. The van der Waals surface area contributed by atoms with Crippen LogP contribution in [0.3, 0.4) is 0 Å². The lowest BCUT2D eigenvalue weighted by molar-refractivity contribution is -0.192. The predicted molar refractivity (Wildman–Crippen MR) is 112 cm³/mol. The van der Waals surface area contributed by atoms with Crippen molar-refractivity contribution < 1.29 is 37.3 Å². The van der Waals surface area contributed by atoms with Gasteiger partial charge in [0.2, 0.25) is 0 Å². The topological polar surface area (TPSA) is 79.3 Å². The molecule has 0 bridgehead atoms. The van der Waals surface area contributed by atoms with E-state index in [1.165, 1.54) is 12.8 Å². The van der Waals surface area contributed by atoms with E-state index >= 15 is 0 Å². The van der Waals surface area contributed by atoms with Crippen molar-refractivity contribution in [1.82, 2.24) is 9.80 Å². The fourth-order valence-corrected chi connectivity index (χ4v) is 4.21. The Hall–Kier alpha value is -2.49. The van der Waals surface area contributed by atoms with Crippen molar-refractivity contribution in [3.63, 3.8) is 0 Å². The molecule has 7 nitrogen and oxygen atoms in total. The second-order valence-electron chi connectivity index (χ2n) is 8.51. The Bertz CT molecular complexity index is 815. The van der Waals surface area contributed by atoms with Crippen LogP contribution in [0.4, 0.5) is 13.2 Å². The number of nitrogens with zero attached hydrogens (tertiary/aromatic N) is 2. The Morgan fingerprint density at radius 3 is 2.28 bits per heavy atom. The van der Waals surface area contributed by atoms with Gasteiger partial charge in [0.1, 0.15) is 11.5 Å². The van der Waals surface area contributed by atoms with Crippen LogP contribution in [0.2, 0.25) is 0 Å². The fourth-order valence-electron chi connectivity index (χ4n) is 4.21. The fraction of sp³-hybridized carbons (Fsp3) is 0.636. The molecule has 1 aromatic carbocycles. The molecule has 2 aliphatic rings. The van der Waals surface area contributed by atoms with Crippen molar-refractivity contribution >= 4 is 11.9 Å². The van der Waals surface area contributed by atoms with Gasteiger partial charge in [-0.3, -0.25) is 9.69 Å². The highest BCUT2D eigenvalue weighted by atomic mass is 19.4. The minimum Gasteiger partial charge on any atom is -0.497 e. The first kappa shape index (κ1) is 25.8. The number of likely N-dealkylation sites (tertiary alicyclic amines) is 2. The molecule has 0 radical (unpaired) electrons. The smallest absolute Gasteiger partial charge is 0.490 e. The highest BCUT2D eigenvalue weighted by Gasteiger charge is 2.48. The third-order valence-corrected chi connectivity index (χ3v) is 5.83. The molecule has 1 amide bonds. The van der Waals surface area contributed by atoms with Crippen molar-refractivity contribution in [3.8, 4) is 11.5 Å². The van der Waals surface area contributed by atoms with Crippen molar-refractivity contribution in [2.24, 2.45) is 5.92 Å². The maximum atomic E-state index is 13.2. The summed E-state index contributed by atoms with van der Waals surface area (Å²) < 4.78 is 42.4. The highest BCUT2D eigenvalue weighted by molar-refractivity contribution is 5.97. The molecule has 1 N–H and O–H groups in total. The van der Waals surface area contributed by atoms with Gasteiger partial charge in [-0.2, -0.15) is 13.2 Å². The van der Waals surface area contributed by atoms with Gasteiger partial charge in [0.05, 0.1) is 19.8 Å². The average molecular weight is 460 g/mol. The third-order valence-electron chi connectivity index (χ3n) is 5.83. The molecule has 180 valence electrons. The maximum Gasteiger partial charge on any atom is 0.490 e. The van der Waals surface area contributed by atoms with Gasteiger partial charge in [-0.05, 0) is 43.4 Å². The molecule has 1 aromatic rings. The van der Waals surface area contributed by atoms with Crippen LogP contribution in [-0.2, 0) is 4.79 Å². The van der Waals surface area contributed by atoms with E-state index in [1.807, 2.05) is 11.0 Å². The Morgan fingerprint density at radius 2 is 1.81 bits per heavy atom.